The van der Waals surface area contributed by atoms with Crippen molar-refractivity contribution in [2.24, 2.45) is 0 Å². The minimum Gasteiger partial charge on any atom is -0.459 e. The summed E-state index contributed by atoms with van der Waals surface area (Å²) < 4.78 is 19.3. The molecule has 0 N–H and O–H groups in total. The zero-order valence-electron chi connectivity index (χ0n) is 20.1. The number of carbonyl (C=O) groups is 2. The van der Waals surface area contributed by atoms with Gasteiger partial charge in [0.25, 0.3) is 0 Å². The van der Waals surface area contributed by atoms with Gasteiger partial charge in [-0.05, 0) is 38.1 Å². The third-order valence-electron chi connectivity index (χ3n) is 6.22. The lowest BCUT2D eigenvalue weighted by Crippen LogP contribution is -2.32. The van der Waals surface area contributed by atoms with Crippen LogP contribution in [0.4, 0.5) is 0 Å². The van der Waals surface area contributed by atoms with E-state index in [0.29, 0.717) is 27.2 Å². The minimum absolute atomic E-state index is 0.113. The highest BCUT2D eigenvalue weighted by Crippen LogP contribution is 2.37. The summed E-state index contributed by atoms with van der Waals surface area (Å²) in [5.74, 6) is -0.991. The van der Waals surface area contributed by atoms with Crippen LogP contribution in [0.2, 0.25) is 10.2 Å². The molecule has 1 aliphatic heterocycles. The summed E-state index contributed by atoms with van der Waals surface area (Å²) in [6.07, 6.45) is 1.26. The molecule has 1 fully saturated rings. The lowest BCUT2D eigenvalue weighted by Gasteiger charge is -2.19. The van der Waals surface area contributed by atoms with Gasteiger partial charge in [-0.25, -0.2) is 19.6 Å². The molecule has 8 nitrogen and oxygen atoms in total. The van der Waals surface area contributed by atoms with E-state index in [0.717, 1.165) is 11.1 Å². The highest BCUT2D eigenvalue weighted by Gasteiger charge is 2.41. The first-order valence-corrected chi connectivity index (χ1v) is 12.4. The van der Waals surface area contributed by atoms with Gasteiger partial charge in [0.1, 0.15) is 42.2 Å². The van der Waals surface area contributed by atoms with Crippen molar-refractivity contribution in [3.8, 4) is 0 Å². The molecule has 2 aromatic heterocycles. The van der Waals surface area contributed by atoms with E-state index in [-0.39, 0.29) is 18.2 Å². The Kier molecular flexibility index (Phi) is 7.15. The number of nitrogens with zero attached hydrogens (tertiary/aromatic N) is 3. The molecule has 5 rings (SSSR count). The Hall–Kier alpha value is -3.46. The number of ether oxygens (including phenoxy) is 3. The van der Waals surface area contributed by atoms with Gasteiger partial charge < -0.3 is 18.8 Å². The minimum atomic E-state index is -0.720. The summed E-state index contributed by atoms with van der Waals surface area (Å²) in [6, 6.07) is 14.1. The molecule has 2 unspecified atom stereocenters. The molecule has 1 saturated heterocycles. The zero-order chi connectivity index (χ0) is 26.1. The number of halogens is 2. The number of hydrogen-bond donors (Lipinski definition) is 0. The summed E-state index contributed by atoms with van der Waals surface area (Å²) >= 11 is 12.6. The van der Waals surface area contributed by atoms with Crippen molar-refractivity contribution in [1.29, 1.82) is 0 Å². The normalized spacial score (nSPS) is 19.2. The molecule has 37 heavy (non-hydrogen) atoms. The van der Waals surface area contributed by atoms with Gasteiger partial charge in [0, 0.05) is 12.6 Å². The van der Waals surface area contributed by atoms with Crippen LogP contribution < -0.4 is 0 Å². The Bertz CT molecular complexity index is 1450. The quantitative estimate of drug-likeness (QED) is 0.228. The number of hydrogen-bond acceptors (Lipinski definition) is 7. The molecule has 0 amide bonds. The first-order valence-electron chi connectivity index (χ1n) is 11.6. The van der Waals surface area contributed by atoms with Gasteiger partial charge in [-0.3, -0.25) is 0 Å². The Morgan fingerprint density at radius 3 is 2.24 bits per heavy atom. The fourth-order valence-electron chi connectivity index (χ4n) is 4.20. The Morgan fingerprint density at radius 2 is 1.59 bits per heavy atom. The predicted octanol–water partition coefficient (Wildman–Crippen LogP) is 5.73. The van der Waals surface area contributed by atoms with Gasteiger partial charge in [-0.15, -0.1) is 0 Å². The van der Waals surface area contributed by atoms with Crippen molar-refractivity contribution < 1.29 is 23.8 Å². The smallest absolute Gasteiger partial charge is 0.338 e. The third kappa shape index (κ3) is 5.32. The molecule has 0 aliphatic carbocycles. The van der Waals surface area contributed by atoms with Gasteiger partial charge in [0.05, 0.1) is 21.5 Å². The van der Waals surface area contributed by atoms with Gasteiger partial charge in [-0.1, -0.05) is 58.6 Å². The lowest BCUT2D eigenvalue weighted by molar-refractivity contribution is -0.0562. The summed E-state index contributed by atoms with van der Waals surface area (Å²) in [4.78, 5) is 33.8. The highest BCUT2D eigenvalue weighted by molar-refractivity contribution is 6.41. The topological polar surface area (TPSA) is 92.5 Å². The molecule has 190 valence electrons. The molecule has 3 heterocycles. The average Bonchev–Trinajstić information content (AvgIpc) is 3.44. The number of fused-ring (bicyclic) bond motifs is 1. The molecule has 0 saturated carbocycles. The van der Waals surface area contributed by atoms with Crippen LogP contribution in [-0.4, -0.2) is 45.3 Å². The first kappa shape index (κ1) is 25.2. The standard InChI is InChI=1S/C27H23Cl2N3O5/c1-15-3-7-17(8-4-15)26(33)35-13-21-20(37-27(34)18-9-5-16(2)6-10-18)11-22(36-21)32-12-19(28)23-24(29)30-14-31-25(23)32/h3-10,12,14,20-22H,11,13H2,1-2H3/t20?,21?,22-/m1/s1. The van der Waals surface area contributed by atoms with Crippen LogP contribution in [0.25, 0.3) is 11.0 Å². The summed E-state index contributed by atoms with van der Waals surface area (Å²) in [5.41, 5.74) is 3.37. The number of carbonyl (C=O) groups excluding carboxylic acids is 2. The van der Waals surface area contributed by atoms with E-state index in [4.69, 9.17) is 37.4 Å². The summed E-state index contributed by atoms with van der Waals surface area (Å²) in [6.45, 7) is 3.76. The second kappa shape index (κ2) is 10.5. The fraction of sp³-hybridized carbons (Fsp3) is 0.259. The molecule has 3 atom stereocenters. The highest BCUT2D eigenvalue weighted by atomic mass is 35.5. The number of esters is 2. The average molecular weight is 540 g/mol. The Balaban J connectivity index is 1.38. The second-order valence-electron chi connectivity index (χ2n) is 8.89. The molecular weight excluding hydrogens is 517 g/mol. The van der Waals surface area contributed by atoms with Gasteiger partial charge in [0.2, 0.25) is 0 Å². The van der Waals surface area contributed by atoms with E-state index in [1.807, 2.05) is 38.1 Å². The maximum absolute atomic E-state index is 12.9. The number of aromatic nitrogens is 3. The summed E-state index contributed by atoms with van der Waals surface area (Å²) in [7, 11) is 0. The van der Waals surface area contributed by atoms with Crippen LogP contribution in [0.3, 0.4) is 0 Å². The van der Waals surface area contributed by atoms with Crippen LogP contribution in [0.1, 0.15) is 44.5 Å². The number of rotatable bonds is 6. The van der Waals surface area contributed by atoms with E-state index >= 15 is 0 Å². The Labute approximate surface area is 223 Å². The van der Waals surface area contributed by atoms with Crippen molar-refractivity contribution in [3.05, 3.63) is 93.5 Å². The van der Waals surface area contributed by atoms with Crippen molar-refractivity contribution in [2.75, 3.05) is 6.61 Å². The van der Waals surface area contributed by atoms with Crippen molar-refractivity contribution >= 4 is 46.2 Å². The maximum Gasteiger partial charge on any atom is 0.338 e. The zero-order valence-corrected chi connectivity index (χ0v) is 21.6. The molecule has 0 bridgehead atoms. The molecule has 10 heteroatoms. The van der Waals surface area contributed by atoms with E-state index in [1.165, 1.54) is 6.33 Å². The maximum atomic E-state index is 12.9. The molecule has 1 aliphatic rings. The van der Waals surface area contributed by atoms with Crippen molar-refractivity contribution in [3.63, 3.8) is 0 Å². The van der Waals surface area contributed by atoms with Gasteiger partial charge in [-0.2, -0.15) is 0 Å². The fourth-order valence-corrected chi connectivity index (χ4v) is 4.75. The van der Waals surface area contributed by atoms with E-state index in [2.05, 4.69) is 9.97 Å². The number of benzene rings is 2. The van der Waals surface area contributed by atoms with Crippen LogP contribution in [0, 0.1) is 13.8 Å². The van der Waals surface area contributed by atoms with Crippen LogP contribution in [0.5, 0.6) is 0 Å². The van der Waals surface area contributed by atoms with Crippen LogP contribution in [0.15, 0.2) is 61.1 Å². The SMILES string of the molecule is Cc1ccc(C(=O)OCC2O[C@@H](n3cc(Cl)c4c(Cl)ncnc43)CC2OC(=O)c2ccc(C)cc2)cc1. The molecule has 4 aromatic rings. The molecular formula is C27H23Cl2N3O5. The second-order valence-corrected chi connectivity index (χ2v) is 9.65. The van der Waals surface area contributed by atoms with Crippen LogP contribution >= 0.6 is 23.2 Å². The molecule has 0 radical (unpaired) electrons. The monoisotopic (exact) mass is 539 g/mol. The van der Waals surface area contributed by atoms with E-state index in [1.54, 1.807) is 35.0 Å². The first-order chi connectivity index (χ1) is 17.8. The van der Waals surface area contributed by atoms with Crippen molar-refractivity contribution in [2.45, 2.75) is 38.7 Å². The van der Waals surface area contributed by atoms with Gasteiger partial charge >= 0.3 is 11.9 Å². The largest absolute Gasteiger partial charge is 0.459 e. The molecule has 0 spiro atoms. The lowest BCUT2D eigenvalue weighted by atomic mass is 10.1. The summed E-state index contributed by atoms with van der Waals surface area (Å²) in [5, 5.41) is 1.08. The Morgan fingerprint density at radius 1 is 0.973 bits per heavy atom. The van der Waals surface area contributed by atoms with Crippen LogP contribution in [-0.2, 0) is 14.2 Å². The van der Waals surface area contributed by atoms with Crippen molar-refractivity contribution in [1.82, 2.24) is 14.5 Å². The van der Waals surface area contributed by atoms with E-state index < -0.39 is 30.4 Å². The third-order valence-corrected chi connectivity index (χ3v) is 6.79. The number of aryl methyl sites for hydroxylation is 2. The van der Waals surface area contributed by atoms with E-state index in [9.17, 15) is 9.59 Å². The molecule has 2 aromatic carbocycles. The van der Waals surface area contributed by atoms with Gasteiger partial charge in [0.15, 0.2) is 0 Å². The predicted molar refractivity (Wildman–Crippen MR) is 138 cm³/mol.